The number of hydrogen-bond donors (Lipinski definition) is 2. The summed E-state index contributed by atoms with van der Waals surface area (Å²) in [6.07, 6.45) is -2.17. The zero-order chi connectivity index (χ0) is 11.4. The Hall–Kier alpha value is -0.940. The molecule has 4 heteroatoms. The maximum absolute atomic E-state index is 9.66. The van der Waals surface area contributed by atoms with Crippen molar-refractivity contribution in [1.82, 2.24) is 0 Å². The van der Waals surface area contributed by atoms with Crippen molar-refractivity contribution in [3.8, 4) is 0 Å². The largest absolute Gasteiger partial charge is 0.388 e. The SMILES string of the molecule is OC1COCC(OCc2ccccc2)C1O. The van der Waals surface area contributed by atoms with E-state index in [-0.39, 0.29) is 6.61 Å². The van der Waals surface area contributed by atoms with Crippen LogP contribution in [0.4, 0.5) is 0 Å². The number of aliphatic hydroxyl groups excluding tert-OH is 2. The summed E-state index contributed by atoms with van der Waals surface area (Å²) in [5.74, 6) is 0. The van der Waals surface area contributed by atoms with Gasteiger partial charge in [-0.25, -0.2) is 0 Å². The van der Waals surface area contributed by atoms with E-state index in [0.29, 0.717) is 13.2 Å². The summed E-state index contributed by atoms with van der Waals surface area (Å²) in [5, 5.41) is 19.1. The molecular formula is C12H16O4. The van der Waals surface area contributed by atoms with Crippen LogP contribution in [0, 0.1) is 0 Å². The molecule has 1 aromatic carbocycles. The fourth-order valence-corrected chi connectivity index (χ4v) is 1.67. The Morgan fingerprint density at radius 2 is 1.94 bits per heavy atom. The minimum absolute atomic E-state index is 0.173. The molecule has 3 unspecified atom stereocenters. The van der Waals surface area contributed by atoms with Gasteiger partial charge in [0.05, 0.1) is 19.8 Å². The predicted molar refractivity (Wildman–Crippen MR) is 57.9 cm³/mol. The third-order valence-electron chi connectivity index (χ3n) is 2.65. The van der Waals surface area contributed by atoms with Gasteiger partial charge in [-0.2, -0.15) is 0 Å². The minimum Gasteiger partial charge on any atom is -0.388 e. The van der Waals surface area contributed by atoms with E-state index < -0.39 is 18.3 Å². The summed E-state index contributed by atoms with van der Waals surface area (Å²) in [4.78, 5) is 0. The van der Waals surface area contributed by atoms with Crippen LogP contribution in [0.3, 0.4) is 0 Å². The lowest BCUT2D eigenvalue weighted by Gasteiger charge is -2.31. The van der Waals surface area contributed by atoms with Crippen LogP contribution >= 0.6 is 0 Å². The molecule has 88 valence electrons. The molecule has 0 bridgehead atoms. The zero-order valence-electron chi connectivity index (χ0n) is 8.95. The van der Waals surface area contributed by atoms with Gasteiger partial charge in [0.25, 0.3) is 0 Å². The highest BCUT2D eigenvalue weighted by molar-refractivity contribution is 5.13. The Kier molecular flexibility index (Phi) is 3.90. The predicted octanol–water partition coefficient (Wildman–Crippen LogP) is 0.324. The van der Waals surface area contributed by atoms with Crippen LogP contribution in [-0.2, 0) is 16.1 Å². The molecule has 1 aliphatic heterocycles. The van der Waals surface area contributed by atoms with Crippen molar-refractivity contribution in [2.45, 2.75) is 24.9 Å². The van der Waals surface area contributed by atoms with E-state index in [1.165, 1.54) is 0 Å². The smallest absolute Gasteiger partial charge is 0.111 e. The Balaban J connectivity index is 1.85. The average Bonchev–Trinajstić information content (AvgIpc) is 2.32. The van der Waals surface area contributed by atoms with Gasteiger partial charge in [-0.05, 0) is 5.56 Å². The highest BCUT2D eigenvalue weighted by Gasteiger charge is 2.31. The van der Waals surface area contributed by atoms with Gasteiger partial charge in [0.2, 0.25) is 0 Å². The second-order valence-corrected chi connectivity index (χ2v) is 3.93. The standard InChI is InChI=1S/C12H16O4/c13-10-7-15-8-11(12(10)14)16-6-9-4-2-1-3-5-9/h1-5,10-14H,6-8H2. The number of ether oxygens (including phenoxy) is 2. The average molecular weight is 224 g/mol. The lowest BCUT2D eigenvalue weighted by molar-refractivity contribution is -0.173. The topological polar surface area (TPSA) is 58.9 Å². The number of aliphatic hydroxyl groups is 2. The normalized spacial score (nSPS) is 30.2. The van der Waals surface area contributed by atoms with Crippen LogP contribution in [0.25, 0.3) is 0 Å². The minimum atomic E-state index is -0.863. The van der Waals surface area contributed by atoms with Gasteiger partial charge >= 0.3 is 0 Å². The van der Waals surface area contributed by atoms with Gasteiger partial charge in [-0.1, -0.05) is 30.3 Å². The molecule has 0 saturated carbocycles. The van der Waals surface area contributed by atoms with E-state index in [1.54, 1.807) is 0 Å². The molecule has 0 aromatic heterocycles. The van der Waals surface area contributed by atoms with E-state index in [4.69, 9.17) is 9.47 Å². The van der Waals surface area contributed by atoms with E-state index in [9.17, 15) is 10.2 Å². The zero-order valence-corrected chi connectivity index (χ0v) is 8.95. The molecule has 1 heterocycles. The summed E-state index contributed by atoms with van der Waals surface area (Å²) < 4.78 is 10.6. The van der Waals surface area contributed by atoms with Crippen molar-refractivity contribution in [1.29, 1.82) is 0 Å². The van der Waals surface area contributed by atoms with Crippen LogP contribution in [0.5, 0.6) is 0 Å². The molecule has 1 aliphatic rings. The molecular weight excluding hydrogens is 208 g/mol. The van der Waals surface area contributed by atoms with Crippen molar-refractivity contribution < 1.29 is 19.7 Å². The summed E-state index contributed by atoms with van der Waals surface area (Å²) >= 11 is 0. The van der Waals surface area contributed by atoms with Gasteiger partial charge in [-0.3, -0.25) is 0 Å². The first-order chi connectivity index (χ1) is 7.77. The van der Waals surface area contributed by atoms with Crippen LogP contribution in [-0.4, -0.2) is 41.7 Å². The van der Waals surface area contributed by atoms with Crippen LogP contribution in [0.15, 0.2) is 30.3 Å². The van der Waals surface area contributed by atoms with Gasteiger partial charge < -0.3 is 19.7 Å². The van der Waals surface area contributed by atoms with Crippen molar-refractivity contribution in [2.24, 2.45) is 0 Å². The first-order valence-electron chi connectivity index (χ1n) is 5.37. The summed E-state index contributed by atoms with van der Waals surface area (Å²) in [6, 6.07) is 9.70. The molecule has 16 heavy (non-hydrogen) atoms. The molecule has 0 spiro atoms. The fraction of sp³-hybridized carbons (Fsp3) is 0.500. The Bertz CT molecular complexity index is 314. The molecule has 2 rings (SSSR count). The van der Waals surface area contributed by atoms with Gasteiger partial charge in [0.15, 0.2) is 0 Å². The molecule has 2 N–H and O–H groups in total. The maximum atomic E-state index is 9.66. The highest BCUT2D eigenvalue weighted by Crippen LogP contribution is 2.14. The Labute approximate surface area is 94.4 Å². The van der Waals surface area contributed by atoms with Crippen LogP contribution in [0.1, 0.15) is 5.56 Å². The third kappa shape index (κ3) is 2.80. The van der Waals surface area contributed by atoms with Crippen LogP contribution < -0.4 is 0 Å². The monoisotopic (exact) mass is 224 g/mol. The summed E-state index contributed by atoms with van der Waals surface area (Å²) in [7, 11) is 0. The molecule has 0 aliphatic carbocycles. The van der Waals surface area contributed by atoms with Gasteiger partial charge in [0, 0.05) is 0 Å². The molecule has 1 aromatic rings. The third-order valence-corrected chi connectivity index (χ3v) is 2.65. The number of rotatable bonds is 3. The van der Waals surface area contributed by atoms with E-state index in [2.05, 4.69) is 0 Å². The number of benzene rings is 1. The van der Waals surface area contributed by atoms with Crippen molar-refractivity contribution in [3.63, 3.8) is 0 Å². The molecule has 1 saturated heterocycles. The van der Waals surface area contributed by atoms with E-state index >= 15 is 0 Å². The quantitative estimate of drug-likeness (QED) is 0.776. The lowest BCUT2D eigenvalue weighted by Crippen LogP contribution is -2.48. The lowest BCUT2D eigenvalue weighted by atomic mass is 10.1. The Morgan fingerprint density at radius 1 is 1.19 bits per heavy atom. The van der Waals surface area contributed by atoms with Gasteiger partial charge in [-0.15, -0.1) is 0 Å². The molecule has 0 radical (unpaired) electrons. The number of hydrogen-bond acceptors (Lipinski definition) is 4. The van der Waals surface area contributed by atoms with E-state index in [1.807, 2.05) is 30.3 Å². The second kappa shape index (κ2) is 5.41. The van der Waals surface area contributed by atoms with E-state index in [0.717, 1.165) is 5.56 Å². The summed E-state index contributed by atoms with van der Waals surface area (Å²) in [6.45, 7) is 0.913. The van der Waals surface area contributed by atoms with Crippen LogP contribution in [0.2, 0.25) is 0 Å². The highest BCUT2D eigenvalue weighted by atomic mass is 16.6. The maximum Gasteiger partial charge on any atom is 0.111 e. The molecule has 1 fully saturated rings. The van der Waals surface area contributed by atoms with Gasteiger partial charge in [0.1, 0.15) is 18.3 Å². The second-order valence-electron chi connectivity index (χ2n) is 3.93. The van der Waals surface area contributed by atoms with Crippen molar-refractivity contribution in [3.05, 3.63) is 35.9 Å². The first-order valence-corrected chi connectivity index (χ1v) is 5.37. The summed E-state index contributed by atoms with van der Waals surface area (Å²) in [5.41, 5.74) is 1.04. The first kappa shape index (κ1) is 11.5. The fourth-order valence-electron chi connectivity index (χ4n) is 1.67. The van der Waals surface area contributed by atoms with Crippen molar-refractivity contribution in [2.75, 3.05) is 13.2 Å². The molecule has 3 atom stereocenters. The molecule has 4 nitrogen and oxygen atoms in total. The van der Waals surface area contributed by atoms with Crippen molar-refractivity contribution >= 4 is 0 Å². The Morgan fingerprint density at radius 3 is 2.69 bits per heavy atom. The molecule has 0 amide bonds.